The molecule has 146 valence electrons. The van der Waals surface area contributed by atoms with Gasteiger partial charge in [-0.2, -0.15) is 0 Å². The van der Waals surface area contributed by atoms with Gasteiger partial charge in [-0.25, -0.2) is 0 Å². The van der Waals surface area contributed by atoms with Gasteiger partial charge in [0.05, 0.1) is 13.7 Å². The monoisotopic (exact) mass is 390 g/mol. The highest BCUT2D eigenvalue weighted by atomic mass is 16.5. The average molecular weight is 390 g/mol. The number of benzene rings is 4. The van der Waals surface area contributed by atoms with Gasteiger partial charge in [0.25, 0.3) is 0 Å². The quantitative estimate of drug-likeness (QED) is 0.408. The molecular formula is C28H22O2. The van der Waals surface area contributed by atoms with Crippen LogP contribution in [0.15, 0.2) is 91.0 Å². The normalized spacial score (nSPS) is 17.6. The number of rotatable bonds is 2. The average Bonchev–Trinajstić information content (AvgIpc) is 2.82. The minimum absolute atomic E-state index is 0.636. The lowest BCUT2D eigenvalue weighted by atomic mass is 9.80. The fourth-order valence-corrected chi connectivity index (χ4v) is 4.16. The van der Waals surface area contributed by atoms with Crippen LogP contribution in [0.5, 0.6) is 5.75 Å². The van der Waals surface area contributed by atoms with Gasteiger partial charge >= 0.3 is 0 Å². The highest BCUT2D eigenvalue weighted by Gasteiger charge is 2.38. The van der Waals surface area contributed by atoms with Gasteiger partial charge in [-0.1, -0.05) is 78.6 Å². The summed E-state index contributed by atoms with van der Waals surface area (Å²) in [4.78, 5) is 0. The van der Waals surface area contributed by atoms with E-state index < -0.39 is 5.60 Å². The molecule has 0 fully saturated rings. The van der Waals surface area contributed by atoms with E-state index in [4.69, 9.17) is 9.47 Å². The predicted octanol–water partition coefficient (Wildman–Crippen LogP) is 5.72. The first-order valence-corrected chi connectivity index (χ1v) is 10.2. The third kappa shape index (κ3) is 3.24. The van der Waals surface area contributed by atoms with Crippen LogP contribution in [0, 0.1) is 11.8 Å². The molecule has 0 N–H and O–H groups in total. The standard InChI is InChI=1S/C28H22O2/c1-29-26-11-6-7-21(19-26)15-17-28(27-12-5-4-9-23(27)16-18-30-28)25-14-13-22-8-2-3-10-24(22)20-25/h2-14,19-20H,16,18H2,1H3/t28-/m0/s1. The smallest absolute Gasteiger partial charge is 0.180 e. The zero-order chi connectivity index (χ0) is 20.4. The fraction of sp³-hybridized carbons (Fsp3) is 0.143. The molecule has 30 heavy (non-hydrogen) atoms. The molecule has 0 saturated carbocycles. The zero-order valence-electron chi connectivity index (χ0n) is 16.9. The molecule has 2 heteroatoms. The van der Waals surface area contributed by atoms with Crippen molar-refractivity contribution in [1.82, 2.24) is 0 Å². The van der Waals surface area contributed by atoms with Gasteiger partial charge in [0, 0.05) is 16.7 Å². The van der Waals surface area contributed by atoms with E-state index in [1.54, 1.807) is 7.11 Å². The van der Waals surface area contributed by atoms with Crippen LogP contribution in [-0.4, -0.2) is 13.7 Å². The Labute approximate surface area is 177 Å². The first-order valence-electron chi connectivity index (χ1n) is 10.2. The first-order chi connectivity index (χ1) is 14.8. The van der Waals surface area contributed by atoms with Gasteiger partial charge in [-0.05, 0) is 47.0 Å². The van der Waals surface area contributed by atoms with Gasteiger partial charge in [0.1, 0.15) is 5.75 Å². The summed E-state index contributed by atoms with van der Waals surface area (Å²) in [6, 6.07) is 31.2. The molecule has 1 heterocycles. The second-order valence-electron chi connectivity index (χ2n) is 7.48. The first kappa shape index (κ1) is 18.5. The number of ether oxygens (including phenoxy) is 2. The summed E-state index contributed by atoms with van der Waals surface area (Å²) in [7, 11) is 1.67. The molecule has 4 aromatic carbocycles. The Morgan fingerprint density at radius 1 is 0.833 bits per heavy atom. The Morgan fingerprint density at radius 2 is 1.67 bits per heavy atom. The summed E-state index contributed by atoms with van der Waals surface area (Å²) in [5.74, 6) is 7.67. The van der Waals surface area contributed by atoms with Crippen LogP contribution < -0.4 is 4.74 Å². The highest BCUT2D eigenvalue weighted by Crippen LogP contribution is 2.39. The van der Waals surface area contributed by atoms with Gasteiger partial charge in [-0.3, -0.25) is 0 Å². The van der Waals surface area contributed by atoms with Crippen molar-refractivity contribution in [2.45, 2.75) is 12.0 Å². The molecule has 0 saturated heterocycles. The van der Waals surface area contributed by atoms with Crippen LogP contribution in [0.1, 0.15) is 22.3 Å². The lowest BCUT2D eigenvalue weighted by Gasteiger charge is -2.35. The molecule has 4 aromatic rings. The second-order valence-corrected chi connectivity index (χ2v) is 7.48. The van der Waals surface area contributed by atoms with Crippen molar-refractivity contribution in [3.8, 4) is 17.6 Å². The van der Waals surface area contributed by atoms with E-state index in [0.29, 0.717) is 6.61 Å². The maximum atomic E-state index is 6.50. The van der Waals surface area contributed by atoms with Crippen molar-refractivity contribution in [2.75, 3.05) is 13.7 Å². The molecule has 1 atom stereocenters. The van der Waals surface area contributed by atoms with E-state index >= 15 is 0 Å². The third-order valence-electron chi connectivity index (χ3n) is 5.70. The van der Waals surface area contributed by atoms with E-state index in [2.05, 4.69) is 78.6 Å². The van der Waals surface area contributed by atoms with Crippen LogP contribution in [0.3, 0.4) is 0 Å². The molecular weight excluding hydrogens is 368 g/mol. The van der Waals surface area contributed by atoms with Gasteiger partial charge in [0.2, 0.25) is 0 Å². The van der Waals surface area contributed by atoms with Crippen LogP contribution in [0.25, 0.3) is 10.8 Å². The summed E-state index contributed by atoms with van der Waals surface area (Å²) >= 11 is 0. The van der Waals surface area contributed by atoms with Crippen molar-refractivity contribution in [3.63, 3.8) is 0 Å². The lowest BCUT2D eigenvalue weighted by Crippen LogP contribution is -2.35. The fourth-order valence-electron chi connectivity index (χ4n) is 4.16. The van der Waals surface area contributed by atoms with E-state index in [0.717, 1.165) is 28.9 Å². The Balaban J connectivity index is 1.72. The maximum Gasteiger partial charge on any atom is 0.180 e. The number of fused-ring (bicyclic) bond motifs is 2. The molecule has 1 aliphatic heterocycles. The molecule has 1 aliphatic rings. The summed E-state index contributed by atoms with van der Waals surface area (Å²) < 4.78 is 11.9. The van der Waals surface area contributed by atoms with Crippen molar-refractivity contribution >= 4 is 10.8 Å². The molecule has 5 rings (SSSR count). The van der Waals surface area contributed by atoms with Crippen LogP contribution in [-0.2, 0) is 16.8 Å². The third-order valence-corrected chi connectivity index (χ3v) is 5.70. The van der Waals surface area contributed by atoms with E-state index in [1.165, 1.54) is 16.3 Å². The minimum atomic E-state index is -0.804. The van der Waals surface area contributed by atoms with Crippen molar-refractivity contribution in [2.24, 2.45) is 0 Å². The van der Waals surface area contributed by atoms with Gasteiger partial charge < -0.3 is 9.47 Å². The topological polar surface area (TPSA) is 18.5 Å². The molecule has 0 spiro atoms. The molecule has 0 radical (unpaired) electrons. The molecule has 0 bridgehead atoms. The summed E-state index contributed by atoms with van der Waals surface area (Å²) in [5.41, 5.74) is 3.57. The predicted molar refractivity (Wildman–Crippen MR) is 121 cm³/mol. The molecule has 0 aliphatic carbocycles. The van der Waals surface area contributed by atoms with Crippen LogP contribution in [0.2, 0.25) is 0 Å². The lowest BCUT2D eigenvalue weighted by molar-refractivity contribution is 0.0162. The van der Waals surface area contributed by atoms with E-state index in [9.17, 15) is 0 Å². The van der Waals surface area contributed by atoms with Crippen molar-refractivity contribution < 1.29 is 9.47 Å². The second kappa shape index (κ2) is 7.71. The summed E-state index contributed by atoms with van der Waals surface area (Å²) in [6.07, 6.45) is 0.895. The zero-order valence-corrected chi connectivity index (χ0v) is 16.9. The Morgan fingerprint density at radius 3 is 2.57 bits per heavy atom. The van der Waals surface area contributed by atoms with E-state index in [-0.39, 0.29) is 0 Å². The Bertz CT molecular complexity index is 1280. The van der Waals surface area contributed by atoms with Gasteiger partial charge in [0.15, 0.2) is 5.60 Å². The van der Waals surface area contributed by atoms with Crippen molar-refractivity contribution in [3.05, 3.63) is 113 Å². The Hall–Kier alpha value is -3.54. The number of hydrogen-bond acceptors (Lipinski definition) is 2. The molecule has 0 unspecified atom stereocenters. The van der Waals surface area contributed by atoms with Gasteiger partial charge in [-0.15, -0.1) is 0 Å². The molecule has 0 aromatic heterocycles. The largest absolute Gasteiger partial charge is 0.497 e. The summed E-state index contributed by atoms with van der Waals surface area (Å²) in [6.45, 7) is 0.636. The highest BCUT2D eigenvalue weighted by molar-refractivity contribution is 5.83. The minimum Gasteiger partial charge on any atom is -0.497 e. The molecule has 0 amide bonds. The molecule has 2 nitrogen and oxygen atoms in total. The Kier molecular flexibility index (Phi) is 4.75. The van der Waals surface area contributed by atoms with E-state index in [1.807, 2.05) is 24.3 Å². The SMILES string of the molecule is COc1cccc(C#C[C@@]2(c3ccc4ccccc4c3)OCCc3ccccc32)c1. The van der Waals surface area contributed by atoms with Crippen molar-refractivity contribution in [1.29, 1.82) is 0 Å². The number of methoxy groups -OCH3 is 1. The maximum absolute atomic E-state index is 6.50. The van der Waals surface area contributed by atoms with Crippen LogP contribution in [0.4, 0.5) is 0 Å². The van der Waals surface area contributed by atoms with Crippen LogP contribution >= 0.6 is 0 Å². The number of hydrogen-bond donors (Lipinski definition) is 0. The summed E-state index contributed by atoms with van der Waals surface area (Å²) in [5, 5.41) is 2.39.